The highest BCUT2D eigenvalue weighted by Crippen LogP contribution is 2.36. The van der Waals surface area contributed by atoms with Crippen molar-refractivity contribution >= 4 is 39.7 Å². The Morgan fingerprint density at radius 3 is 2.74 bits per heavy atom. The van der Waals surface area contributed by atoms with Crippen LogP contribution >= 0.6 is 0 Å². The largest absolute Gasteiger partial charge is 0.397 e. The number of fused-ring (bicyclic) bond motifs is 2. The molecular formula is C23H23FN8O2. The van der Waals surface area contributed by atoms with Crippen molar-refractivity contribution in [3.05, 3.63) is 53.9 Å². The first-order valence-electron chi connectivity index (χ1n) is 10.6. The fraction of sp³-hybridized carbons (Fsp3) is 0.217. The molecule has 0 bridgehead atoms. The molecule has 34 heavy (non-hydrogen) atoms. The molecule has 1 aromatic carbocycles. The van der Waals surface area contributed by atoms with Gasteiger partial charge in [0.05, 0.1) is 23.3 Å². The lowest BCUT2D eigenvalue weighted by molar-refractivity contribution is -0.192. The van der Waals surface area contributed by atoms with E-state index in [-0.39, 0.29) is 24.2 Å². The summed E-state index contributed by atoms with van der Waals surface area (Å²) in [5.74, 6) is 0.227. The van der Waals surface area contributed by atoms with Gasteiger partial charge in [0.15, 0.2) is 11.6 Å². The summed E-state index contributed by atoms with van der Waals surface area (Å²) in [5, 5.41) is 10.00. The molecule has 5 rings (SSSR count). The average molecular weight is 462 g/mol. The fourth-order valence-corrected chi connectivity index (χ4v) is 4.03. The van der Waals surface area contributed by atoms with Gasteiger partial charge in [-0.05, 0) is 36.9 Å². The second-order valence-electron chi connectivity index (χ2n) is 8.22. The van der Waals surface area contributed by atoms with Gasteiger partial charge in [0.1, 0.15) is 18.5 Å². The van der Waals surface area contributed by atoms with Crippen molar-refractivity contribution in [3.8, 4) is 11.1 Å². The van der Waals surface area contributed by atoms with Crippen molar-refractivity contribution in [1.82, 2.24) is 24.8 Å². The number of hydrogen-bond acceptors (Lipinski definition) is 8. The first-order valence-corrected chi connectivity index (χ1v) is 10.6. The quantitative estimate of drug-likeness (QED) is 0.394. The Morgan fingerprint density at radius 2 is 1.94 bits per heavy atom. The molecule has 174 valence electrons. The van der Waals surface area contributed by atoms with Crippen LogP contribution in [0, 0.1) is 12.7 Å². The number of rotatable bonds is 3. The lowest BCUT2D eigenvalue weighted by Gasteiger charge is -2.16. The number of amides is 1. The maximum Gasteiger partial charge on any atom is 0.267 e. The number of halogens is 1. The van der Waals surface area contributed by atoms with Crippen LogP contribution in [0.5, 0.6) is 0 Å². The SMILES string of the molecule is Cc1c(N)cncc1-c1cc2cc(Nc3cc4n(n3)CC(=O)N(C)OC4C)ncc2c(N)c1F. The molecule has 1 aliphatic rings. The molecule has 4 heterocycles. The second kappa shape index (κ2) is 7.96. The van der Waals surface area contributed by atoms with Crippen molar-refractivity contribution < 1.29 is 14.0 Å². The lowest BCUT2D eigenvalue weighted by Crippen LogP contribution is -2.28. The molecule has 0 saturated carbocycles. The van der Waals surface area contributed by atoms with E-state index in [1.165, 1.54) is 17.5 Å². The first-order chi connectivity index (χ1) is 16.2. The van der Waals surface area contributed by atoms with Gasteiger partial charge in [-0.15, -0.1) is 0 Å². The van der Waals surface area contributed by atoms with E-state index in [0.717, 1.165) is 11.3 Å². The first kappa shape index (κ1) is 21.6. The van der Waals surface area contributed by atoms with Crippen molar-refractivity contribution in [2.45, 2.75) is 26.5 Å². The summed E-state index contributed by atoms with van der Waals surface area (Å²) >= 11 is 0. The molecular weight excluding hydrogens is 439 g/mol. The van der Waals surface area contributed by atoms with Crippen molar-refractivity contribution in [2.24, 2.45) is 0 Å². The minimum atomic E-state index is -0.549. The molecule has 0 saturated heterocycles. The molecule has 1 atom stereocenters. The van der Waals surface area contributed by atoms with E-state index in [0.29, 0.717) is 39.2 Å². The fourth-order valence-electron chi connectivity index (χ4n) is 4.03. The van der Waals surface area contributed by atoms with Gasteiger partial charge in [-0.3, -0.25) is 19.3 Å². The zero-order valence-corrected chi connectivity index (χ0v) is 18.8. The smallest absolute Gasteiger partial charge is 0.267 e. The minimum absolute atomic E-state index is 0.00399. The Hall–Kier alpha value is -4.25. The van der Waals surface area contributed by atoms with E-state index in [9.17, 15) is 4.79 Å². The average Bonchev–Trinajstić information content (AvgIpc) is 3.16. The number of aromatic nitrogens is 4. The molecule has 3 aromatic heterocycles. The van der Waals surface area contributed by atoms with E-state index in [1.54, 1.807) is 36.1 Å². The Kier molecular flexibility index (Phi) is 5.05. The summed E-state index contributed by atoms with van der Waals surface area (Å²) in [6.07, 6.45) is 4.24. The molecule has 0 radical (unpaired) electrons. The Morgan fingerprint density at radius 1 is 1.15 bits per heavy atom. The summed E-state index contributed by atoms with van der Waals surface area (Å²) in [4.78, 5) is 26.2. The lowest BCUT2D eigenvalue weighted by atomic mass is 9.97. The Labute approximate surface area is 194 Å². The molecule has 0 aliphatic carbocycles. The Bertz CT molecular complexity index is 1450. The highest BCUT2D eigenvalue weighted by Gasteiger charge is 2.26. The van der Waals surface area contributed by atoms with Crippen LogP contribution in [-0.4, -0.2) is 37.8 Å². The number of pyridine rings is 2. The maximum atomic E-state index is 15.1. The van der Waals surface area contributed by atoms with E-state index in [4.69, 9.17) is 16.3 Å². The number of nitrogens with zero attached hydrogens (tertiary/aromatic N) is 5. The van der Waals surface area contributed by atoms with E-state index in [1.807, 2.05) is 13.8 Å². The van der Waals surface area contributed by atoms with E-state index >= 15 is 4.39 Å². The van der Waals surface area contributed by atoms with Crippen molar-refractivity contribution in [1.29, 1.82) is 0 Å². The van der Waals surface area contributed by atoms with Gasteiger partial charge < -0.3 is 16.8 Å². The monoisotopic (exact) mass is 462 g/mol. The number of nitrogen functional groups attached to an aromatic ring is 2. The molecule has 4 aromatic rings. The highest BCUT2D eigenvalue weighted by atomic mass is 19.1. The molecule has 10 nitrogen and oxygen atoms in total. The van der Waals surface area contributed by atoms with Crippen LogP contribution in [0.3, 0.4) is 0 Å². The zero-order valence-electron chi connectivity index (χ0n) is 18.8. The van der Waals surface area contributed by atoms with Crippen LogP contribution in [0.2, 0.25) is 0 Å². The standard InChI is InChI=1S/C23H23FN8O2/c1-11-15(7-27-9-17(11)25)14-4-13-5-19(28-8-16(13)23(26)22(14)24)29-20-6-18-12(2)34-31(3)21(33)10-32(18)30-20/h4-9,12H,10,25-26H2,1-3H3,(H,28,29,30). The van der Waals surface area contributed by atoms with Crippen LogP contribution in [0.15, 0.2) is 36.8 Å². The number of nitrogens with two attached hydrogens (primary N) is 2. The number of carbonyl (C=O) groups is 1. The minimum Gasteiger partial charge on any atom is -0.397 e. The van der Waals surface area contributed by atoms with E-state index < -0.39 is 5.82 Å². The molecule has 5 N–H and O–H groups in total. The predicted octanol–water partition coefficient (Wildman–Crippen LogP) is 3.31. The number of hydrogen-bond donors (Lipinski definition) is 3. The summed E-state index contributed by atoms with van der Waals surface area (Å²) in [6.45, 7) is 3.71. The van der Waals surface area contributed by atoms with Gasteiger partial charge in [-0.2, -0.15) is 5.10 Å². The van der Waals surface area contributed by atoms with Crippen LogP contribution < -0.4 is 16.8 Å². The predicted molar refractivity (Wildman–Crippen MR) is 126 cm³/mol. The van der Waals surface area contributed by atoms with Crippen LogP contribution in [-0.2, 0) is 16.2 Å². The summed E-state index contributed by atoms with van der Waals surface area (Å²) in [6, 6.07) is 5.26. The second-order valence-corrected chi connectivity index (χ2v) is 8.22. The van der Waals surface area contributed by atoms with Crippen molar-refractivity contribution in [3.63, 3.8) is 0 Å². The van der Waals surface area contributed by atoms with Crippen LogP contribution in [0.25, 0.3) is 21.9 Å². The topological polar surface area (TPSA) is 137 Å². The number of carbonyl (C=O) groups excluding carboxylic acids is 1. The van der Waals surface area contributed by atoms with Gasteiger partial charge in [-0.1, -0.05) is 0 Å². The normalized spacial score (nSPS) is 15.9. The van der Waals surface area contributed by atoms with E-state index in [2.05, 4.69) is 20.4 Å². The third kappa shape index (κ3) is 3.55. The molecule has 0 spiro atoms. The van der Waals surface area contributed by atoms with Crippen molar-refractivity contribution in [2.75, 3.05) is 23.8 Å². The molecule has 11 heteroatoms. The van der Waals surface area contributed by atoms with Gasteiger partial charge in [-0.25, -0.2) is 14.4 Å². The highest BCUT2D eigenvalue weighted by molar-refractivity contribution is 5.98. The maximum absolute atomic E-state index is 15.1. The van der Waals surface area contributed by atoms with Gasteiger partial charge in [0.25, 0.3) is 5.91 Å². The van der Waals surface area contributed by atoms with Gasteiger partial charge in [0.2, 0.25) is 0 Å². The molecule has 1 amide bonds. The molecule has 0 fully saturated rings. The number of hydroxylamine groups is 2. The van der Waals surface area contributed by atoms with Crippen LogP contribution in [0.4, 0.5) is 27.4 Å². The number of anilines is 4. The van der Waals surface area contributed by atoms with Gasteiger partial charge >= 0.3 is 0 Å². The summed E-state index contributed by atoms with van der Waals surface area (Å²) < 4.78 is 16.7. The number of benzene rings is 1. The summed E-state index contributed by atoms with van der Waals surface area (Å²) in [5.41, 5.74) is 14.9. The van der Waals surface area contributed by atoms with Gasteiger partial charge in [0, 0.05) is 42.0 Å². The third-order valence-electron chi connectivity index (χ3n) is 5.98. The number of nitrogens with one attached hydrogen (secondary N) is 1. The van der Waals surface area contributed by atoms with Crippen LogP contribution in [0.1, 0.15) is 24.3 Å². The third-order valence-corrected chi connectivity index (χ3v) is 5.98. The number of likely N-dealkylation sites (N-methyl/N-ethyl adjacent to an activating group) is 1. The molecule has 1 aliphatic heterocycles. The zero-order chi connectivity index (χ0) is 24.1. The Balaban J connectivity index is 1.53. The summed E-state index contributed by atoms with van der Waals surface area (Å²) in [7, 11) is 1.58. The molecule has 1 unspecified atom stereocenters.